The van der Waals surface area contributed by atoms with Gasteiger partial charge >= 0.3 is 5.97 Å². The van der Waals surface area contributed by atoms with Crippen molar-refractivity contribution in [2.45, 2.75) is 38.5 Å². The quantitative estimate of drug-likeness (QED) is 0.278. The van der Waals surface area contributed by atoms with Crippen molar-refractivity contribution >= 4 is 50.9 Å². The van der Waals surface area contributed by atoms with Crippen LogP contribution in [0, 0.1) is 5.92 Å². The molecule has 3 N–H and O–H groups in total. The molecule has 1 fully saturated rings. The van der Waals surface area contributed by atoms with Gasteiger partial charge in [-0.1, -0.05) is 32.0 Å². The van der Waals surface area contributed by atoms with Gasteiger partial charge < -0.3 is 15.1 Å². The Hall–Kier alpha value is -4.33. The molecule has 5 rings (SSSR count). The van der Waals surface area contributed by atoms with E-state index in [9.17, 15) is 29.1 Å². The number of Topliss-reactive ketones (excluding diaryl/α,β-unsaturated/α-hetero) is 4. The van der Waals surface area contributed by atoms with Crippen molar-refractivity contribution in [2.75, 3.05) is 0 Å². The van der Waals surface area contributed by atoms with Crippen LogP contribution in [0.15, 0.2) is 48.7 Å². The Morgan fingerprint density at radius 3 is 2.22 bits per heavy atom. The minimum atomic E-state index is -1.61. The number of ketones is 4. The smallest absolute Gasteiger partial charge is 0.335 e. The molecule has 0 aliphatic heterocycles. The lowest BCUT2D eigenvalue weighted by Gasteiger charge is -2.25. The van der Waals surface area contributed by atoms with Crippen LogP contribution in [-0.4, -0.2) is 44.2 Å². The summed E-state index contributed by atoms with van der Waals surface area (Å²) in [7, 11) is 0. The number of hydrogen-bond acceptors (Lipinski definition) is 5. The number of fused-ring (bicyclic) bond motifs is 2. The molecule has 0 amide bonds. The number of aromatic carboxylic acids is 1. The van der Waals surface area contributed by atoms with Gasteiger partial charge in [-0.15, -0.1) is 0 Å². The van der Waals surface area contributed by atoms with Crippen LogP contribution in [0.4, 0.5) is 0 Å². The zero-order valence-corrected chi connectivity index (χ0v) is 19.8. The van der Waals surface area contributed by atoms with Crippen LogP contribution < -0.4 is 0 Å². The van der Waals surface area contributed by atoms with Gasteiger partial charge in [-0.2, -0.15) is 0 Å². The number of benzene rings is 2. The van der Waals surface area contributed by atoms with Crippen molar-refractivity contribution in [2.24, 2.45) is 5.92 Å². The Kier molecular flexibility index (Phi) is 5.67. The van der Waals surface area contributed by atoms with Gasteiger partial charge in [0, 0.05) is 33.7 Å². The number of nitrogens with one attached hydrogen (secondary N) is 2. The van der Waals surface area contributed by atoms with Crippen molar-refractivity contribution in [3.8, 4) is 0 Å². The third kappa shape index (κ3) is 3.66. The number of aromatic amines is 2. The van der Waals surface area contributed by atoms with Gasteiger partial charge in [0.25, 0.3) is 0 Å². The Morgan fingerprint density at radius 1 is 0.889 bits per heavy atom. The Labute approximate surface area is 205 Å². The normalized spacial score (nSPS) is 18.6. The summed E-state index contributed by atoms with van der Waals surface area (Å²) in [4.78, 5) is 71.6. The minimum absolute atomic E-state index is 0.0248. The van der Waals surface area contributed by atoms with Gasteiger partial charge in [0.1, 0.15) is 11.8 Å². The van der Waals surface area contributed by atoms with Gasteiger partial charge in [0.05, 0.1) is 5.56 Å². The standard InChI is InChI=1S/C28H24N2O6/c1-13(2)7-9-20-21(16-11-14(28(35)36)8-10-19(16)30-20)23-26(33)24(31)22(25(32)27(23)34)17-12-29-18-6-4-3-5-15(17)18/h3-6,8,10-13,22-23,29-30H,7,9H2,1-2H3,(H,35,36). The van der Waals surface area contributed by atoms with Crippen molar-refractivity contribution in [1.29, 1.82) is 0 Å². The summed E-state index contributed by atoms with van der Waals surface area (Å²) in [6.07, 6.45) is 2.68. The van der Waals surface area contributed by atoms with E-state index >= 15 is 0 Å². The lowest BCUT2D eigenvalue weighted by atomic mass is 9.71. The van der Waals surface area contributed by atoms with E-state index in [0.29, 0.717) is 45.4 Å². The number of para-hydroxylation sites is 1. The second-order valence-corrected chi connectivity index (χ2v) is 9.63. The summed E-state index contributed by atoms with van der Waals surface area (Å²) >= 11 is 0. The molecule has 0 unspecified atom stereocenters. The minimum Gasteiger partial charge on any atom is -0.478 e. The Morgan fingerprint density at radius 2 is 1.56 bits per heavy atom. The molecule has 0 radical (unpaired) electrons. The molecule has 4 aromatic rings. The molecule has 1 saturated carbocycles. The first-order chi connectivity index (χ1) is 17.2. The topological polar surface area (TPSA) is 137 Å². The molecule has 36 heavy (non-hydrogen) atoms. The molecule has 182 valence electrons. The largest absolute Gasteiger partial charge is 0.478 e. The molecule has 2 heterocycles. The van der Waals surface area contributed by atoms with Crippen molar-refractivity contribution in [1.82, 2.24) is 9.97 Å². The summed E-state index contributed by atoms with van der Waals surface area (Å²) in [6.45, 7) is 4.06. The number of rotatable bonds is 6. The SMILES string of the molecule is CC(C)CCc1[nH]c2ccc(C(=O)O)cc2c1C1C(=O)C(=O)C(c2c[nH]c3ccccc23)C(=O)C1=O. The predicted molar refractivity (Wildman–Crippen MR) is 132 cm³/mol. The molecular weight excluding hydrogens is 460 g/mol. The average molecular weight is 485 g/mol. The number of H-pyrrole nitrogens is 2. The fraction of sp³-hybridized carbons (Fsp3) is 0.250. The average Bonchev–Trinajstić information content (AvgIpc) is 3.43. The van der Waals surface area contributed by atoms with E-state index in [0.717, 1.165) is 6.42 Å². The zero-order chi connectivity index (χ0) is 25.7. The molecule has 0 atom stereocenters. The molecule has 0 saturated heterocycles. The fourth-order valence-electron chi connectivity index (χ4n) is 5.05. The van der Waals surface area contributed by atoms with Crippen LogP contribution in [0.3, 0.4) is 0 Å². The maximum atomic E-state index is 13.5. The summed E-state index contributed by atoms with van der Waals surface area (Å²) in [5.41, 5.74) is 2.27. The first-order valence-corrected chi connectivity index (χ1v) is 11.8. The summed E-state index contributed by atoms with van der Waals surface area (Å²) in [6, 6.07) is 11.4. The van der Waals surface area contributed by atoms with Crippen LogP contribution in [0.1, 0.15) is 59.3 Å². The summed E-state index contributed by atoms with van der Waals surface area (Å²) in [5.74, 6) is -7.75. The van der Waals surface area contributed by atoms with Crippen LogP contribution in [-0.2, 0) is 25.6 Å². The number of aromatic nitrogens is 2. The molecule has 2 aromatic heterocycles. The highest BCUT2D eigenvalue weighted by Gasteiger charge is 2.51. The fourth-order valence-corrected chi connectivity index (χ4v) is 5.05. The highest BCUT2D eigenvalue weighted by molar-refractivity contribution is 6.64. The van der Waals surface area contributed by atoms with Crippen molar-refractivity contribution < 1.29 is 29.1 Å². The number of aryl methyl sites for hydroxylation is 1. The van der Waals surface area contributed by atoms with Crippen LogP contribution in [0.25, 0.3) is 21.8 Å². The second-order valence-electron chi connectivity index (χ2n) is 9.63. The van der Waals surface area contributed by atoms with E-state index in [1.807, 2.05) is 13.8 Å². The Bertz CT molecular complexity index is 1560. The highest BCUT2D eigenvalue weighted by atomic mass is 16.4. The van der Waals surface area contributed by atoms with Crippen LogP contribution >= 0.6 is 0 Å². The summed E-state index contributed by atoms with van der Waals surface area (Å²) in [5, 5.41) is 10.4. The summed E-state index contributed by atoms with van der Waals surface area (Å²) < 4.78 is 0. The number of carbonyl (C=O) groups is 5. The monoisotopic (exact) mass is 484 g/mol. The lowest BCUT2D eigenvalue weighted by molar-refractivity contribution is -0.150. The molecule has 8 nitrogen and oxygen atoms in total. The maximum Gasteiger partial charge on any atom is 0.335 e. The third-order valence-electron chi connectivity index (χ3n) is 6.89. The van der Waals surface area contributed by atoms with Gasteiger partial charge in [0.15, 0.2) is 0 Å². The third-order valence-corrected chi connectivity index (χ3v) is 6.89. The van der Waals surface area contributed by atoms with E-state index in [1.54, 1.807) is 30.3 Å². The predicted octanol–water partition coefficient (Wildman–Crippen LogP) is 4.09. The highest BCUT2D eigenvalue weighted by Crippen LogP contribution is 2.39. The number of carbonyl (C=O) groups excluding carboxylic acids is 4. The maximum absolute atomic E-state index is 13.5. The molecule has 2 aromatic carbocycles. The van der Waals surface area contributed by atoms with Gasteiger partial charge in [-0.3, -0.25) is 19.2 Å². The Balaban J connectivity index is 1.64. The lowest BCUT2D eigenvalue weighted by Crippen LogP contribution is -2.46. The van der Waals surface area contributed by atoms with Crippen molar-refractivity contribution in [3.63, 3.8) is 0 Å². The van der Waals surface area contributed by atoms with E-state index in [-0.39, 0.29) is 11.1 Å². The molecular formula is C28H24N2O6. The number of hydrogen-bond donors (Lipinski definition) is 3. The van der Waals surface area contributed by atoms with E-state index in [1.165, 1.54) is 18.3 Å². The van der Waals surface area contributed by atoms with E-state index in [2.05, 4.69) is 9.97 Å². The molecule has 0 bridgehead atoms. The van der Waals surface area contributed by atoms with Crippen LogP contribution in [0.2, 0.25) is 0 Å². The molecule has 8 heteroatoms. The zero-order valence-electron chi connectivity index (χ0n) is 19.8. The molecule has 1 aliphatic carbocycles. The van der Waals surface area contributed by atoms with Crippen molar-refractivity contribution in [3.05, 3.63) is 71.0 Å². The van der Waals surface area contributed by atoms with Crippen LogP contribution in [0.5, 0.6) is 0 Å². The van der Waals surface area contributed by atoms with E-state index < -0.39 is 40.9 Å². The van der Waals surface area contributed by atoms with Gasteiger partial charge in [0.2, 0.25) is 23.1 Å². The van der Waals surface area contributed by atoms with E-state index in [4.69, 9.17) is 0 Å². The first kappa shape index (κ1) is 23.4. The first-order valence-electron chi connectivity index (χ1n) is 11.8. The van der Waals surface area contributed by atoms with Gasteiger partial charge in [-0.05, 0) is 54.2 Å². The number of carboxylic acid groups (broad SMARTS) is 1. The molecule has 0 spiro atoms. The second kappa shape index (κ2) is 8.71. The molecule has 1 aliphatic rings. The number of carboxylic acids is 1. The van der Waals surface area contributed by atoms with Gasteiger partial charge in [-0.25, -0.2) is 4.79 Å².